The van der Waals surface area contributed by atoms with Crippen LogP contribution in [0.25, 0.3) is 0 Å². The van der Waals surface area contributed by atoms with Crippen LogP contribution in [0.1, 0.15) is 20.3 Å². The van der Waals surface area contributed by atoms with Gasteiger partial charge in [0.1, 0.15) is 0 Å². The van der Waals surface area contributed by atoms with Crippen LogP contribution in [0.2, 0.25) is 0 Å². The van der Waals surface area contributed by atoms with Gasteiger partial charge in [-0.05, 0) is 36.2 Å². The van der Waals surface area contributed by atoms with Crippen LogP contribution in [0.3, 0.4) is 0 Å². The van der Waals surface area contributed by atoms with Gasteiger partial charge >= 0.3 is 0 Å². The molecule has 0 bridgehead atoms. The van der Waals surface area contributed by atoms with Crippen molar-refractivity contribution in [1.29, 1.82) is 0 Å². The summed E-state index contributed by atoms with van der Waals surface area (Å²) in [6.45, 7) is 4.23. The topological polar surface area (TPSA) is 86.1 Å². The molecule has 2 atom stereocenters. The van der Waals surface area contributed by atoms with Gasteiger partial charge in [0.2, 0.25) is 5.03 Å². The standard InChI is InChI=1S/C9H15BrN4O3S/c1-6-9(2,4-5-17-6)12-18(15,16)8-7(10)11-13-14(8)3/h6,12H,4-5H2,1-3H3. The molecular weight excluding hydrogens is 324 g/mol. The molecule has 0 radical (unpaired) electrons. The third kappa shape index (κ3) is 2.31. The zero-order chi connectivity index (χ0) is 13.6. The van der Waals surface area contributed by atoms with E-state index in [2.05, 4.69) is 31.0 Å². The first kappa shape index (κ1) is 13.9. The largest absolute Gasteiger partial charge is 0.376 e. The van der Waals surface area contributed by atoms with Crippen molar-refractivity contribution in [2.45, 2.75) is 36.9 Å². The monoisotopic (exact) mass is 338 g/mol. The normalized spacial score (nSPS) is 28.8. The van der Waals surface area contributed by atoms with Gasteiger partial charge in [0.15, 0.2) is 4.60 Å². The summed E-state index contributed by atoms with van der Waals surface area (Å²) in [5.74, 6) is 0. The highest BCUT2D eigenvalue weighted by Crippen LogP contribution is 2.28. The molecule has 1 saturated heterocycles. The van der Waals surface area contributed by atoms with Gasteiger partial charge in [0.25, 0.3) is 10.0 Å². The predicted molar refractivity (Wildman–Crippen MR) is 67.5 cm³/mol. The molecule has 0 saturated carbocycles. The lowest BCUT2D eigenvalue weighted by Gasteiger charge is -2.28. The van der Waals surface area contributed by atoms with Crippen LogP contribution >= 0.6 is 15.9 Å². The van der Waals surface area contributed by atoms with Gasteiger partial charge in [-0.25, -0.2) is 17.8 Å². The first-order chi connectivity index (χ1) is 8.26. The lowest BCUT2D eigenvalue weighted by molar-refractivity contribution is 0.0957. The van der Waals surface area contributed by atoms with Crippen molar-refractivity contribution in [2.75, 3.05) is 6.61 Å². The van der Waals surface area contributed by atoms with Crippen molar-refractivity contribution in [3.63, 3.8) is 0 Å². The molecule has 18 heavy (non-hydrogen) atoms. The first-order valence-corrected chi connectivity index (χ1v) is 7.75. The second-order valence-corrected chi connectivity index (χ2v) is 6.94. The average Bonchev–Trinajstić information content (AvgIpc) is 2.71. The number of aryl methyl sites for hydroxylation is 1. The van der Waals surface area contributed by atoms with E-state index in [0.29, 0.717) is 13.0 Å². The lowest BCUT2D eigenvalue weighted by Crippen LogP contribution is -2.50. The van der Waals surface area contributed by atoms with Gasteiger partial charge in [-0.1, -0.05) is 5.21 Å². The molecular formula is C9H15BrN4O3S. The Morgan fingerprint density at radius 1 is 1.61 bits per heavy atom. The summed E-state index contributed by atoms with van der Waals surface area (Å²) >= 11 is 3.09. The van der Waals surface area contributed by atoms with Crippen molar-refractivity contribution in [1.82, 2.24) is 19.7 Å². The Morgan fingerprint density at radius 3 is 2.72 bits per heavy atom. The number of nitrogens with zero attached hydrogens (tertiary/aromatic N) is 3. The van der Waals surface area contributed by atoms with E-state index in [9.17, 15) is 8.42 Å². The number of nitrogens with one attached hydrogen (secondary N) is 1. The summed E-state index contributed by atoms with van der Waals surface area (Å²) in [6.07, 6.45) is 0.461. The number of ether oxygens (including phenoxy) is 1. The summed E-state index contributed by atoms with van der Waals surface area (Å²) in [5, 5.41) is 7.36. The molecule has 2 unspecified atom stereocenters. The average molecular weight is 339 g/mol. The van der Waals surface area contributed by atoms with Crippen molar-refractivity contribution >= 4 is 26.0 Å². The minimum Gasteiger partial charge on any atom is -0.376 e. The Morgan fingerprint density at radius 2 is 2.28 bits per heavy atom. The van der Waals surface area contributed by atoms with Gasteiger partial charge in [0.05, 0.1) is 11.6 Å². The molecule has 1 aromatic rings. The van der Waals surface area contributed by atoms with Crippen LogP contribution in [-0.4, -0.2) is 41.7 Å². The quantitative estimate of drug-likeness (QED) is 0.863. The van der Waals surface area contributed by atoms with Crippen LogP contribution in [0.4, 0.5) is 0 Å². The second kappa shape index (κ2) is 4.55. The van der Waals surface area contributed by atoms with Crippen molar-refractivity contribution in [3.8, 4) is 0 Å². The fraction of sp³-hybridized carbons (Fsp3) is 0.778. The van der Waals surface area contributed by atoms with Gasteiger partial charge in [0, 0.05) is 13.7 Å². The van der Waals surface area contributed by atoms with E-state index < -0.39 is 15.6 Å². The van der Waals surface area contributed by atoms with E-state index in [1.807, 2.05) is 13.8 Å². The Kier molecular flexibility index (Phi) is 3.52. The highest BCUT2D eigenvalue weighted by molar-refractivity contribution is 9.10. The molecule has 2 rings (SSSR count). The summed E-state index contributed by atoms with van der Waals surface area (Å²) in [5.41, 5.74) is -0.609. The Balaban J connectivity index is 2.34. The second-order valence-electron chi connectivity index (χ2n) is 4.59. The van der Waals surface area contributed by atoms with Gasteiger partial charge < -0.3 is 4.74 Å². The minimum absolute atomic E-state index is 0.0165. The van der Waals surface area contributed by atoms with E-state index in [-0.39, 0.29) is 15.7 Å². The molecule has 7 nitrogen and oxygen atoms in total. The molecule has 2 heterocycles. The fourth-order valence-electron chi connectivity index (χ4n) is 1.93. The SMILES string of the molecule is CC1OCCC1(C)NS(=O)(=O)c1c(Br)nnn1C. The number of rotatable bonds is 3. The number of hydrogen-bond acceptors (Lipinski definition) is 5. The van der Waals surface area contributed by atoms with Gasteiger partial charge in [-0.15, -0.1) is 5.10 Å². The minimum atomic E-state index is -3.69. The third-order valence-electron chi connectivity index (χ3n) is 3.25. The summed E-state index contributed by atoms with van der Waals surface area (Å²) in [7, 11) is -2.16. The maximum absolute atomic E-state index is 12.3. The van der Waals surface area contributed by atoms with E-state index >= 15 is 0 Å². The zero-order valence-corrected chi connectivity index (χ0v) is 12.7. The van der Waals surface area contributed by atoms with E-state index in [0.717, 1.165) is 0 Å². The zero-order valence-electron chi connectivity index (χ0n) is 10.3. The molecule has 0 spiro atoms. The lowest BCUT2D eigenvalue weighted by atomic mass is 9.97. The van der Waals surface area contributed by atoms with Crippen LogP contribution < -0.4 is 4.72 Å². The van der Waals surface area contributed by atoms with E-state index in [1.165, 1.54) is 11.7 Å². The molecule has 0 amide bonds. The summed E-state index contributed by atoms with van der Waals surface area (Å²) < 4.78 is 34.2. The highest BCUT2D eigenvalue weighted by Gasteiger charge is 2.42. The maximum atomic E-state index is 12.3. The number of aromatic nitrogens is 3. The van der Waals surface area contributed by atoms with E-state index in [1.54, 1.807) is 0 Å². The van der Waals surface area contributed by atoms with Gasteiger partial charge in [-0.2, -0.15) is 0 Å². The van der Waals surface area contributed by atoms with E-state index in [4.69, 9.17) is 4.74 Å². The molecule has 1 aromatic heterocycles. The molecule has 1 N–H and O–H groups in total. The third-order valence-corrected chi connectivity index (χ3v) is 5.74. The number of halogens is 1. The Labute approximate surface area is 114 Å². The number of hydrogen-bond donors (Lipinski definition) is 1. The molecule has 1 aliphatic rings. The van der Waals surface area contributed by atoms with Crippen molar-refractivity contribution in [2.24, 2.45) is 7.05 Å². The van der Waals surface area contributed by atoms with Crippen molar-refractivity contribution in [3.05, 3.63) is 4.60 Å². The summed E-state index contributed by atoms with van der Waals surface area (Å²) in [4.78, 5) is 0. The van der Waals surface area contributed by atoms with Crippen molar-refractivity contribution < 1.29 is 13.2 Å². The molecule has 9 heteroatoms. The van der Waals surface area contributed by atoms with Gasteiger partial charge in [-0.3, -0.25) is 0 Å². The maximum Gasteiger partial charge on any atom is 0.261 e. The van der Waals surface area contributed by atoms with Crippen LogP contribution in [0.5, 0.6) is 0 Å². The van der Waals surface area contributed by atoms with Crippen LogP contribution in [-0.2, 0) is 21.8 Å². The smallest absolute Gasteiger partial charge is 0.261 e. The first-order valence-electron chi connectivity index (χ1n) is 5.47. The van der Waals surface area contributed by atoms with Crippen LogP contribution in [0, 0.1) is 0 Å². The Bertz CT molecular complexity index is 539. The molecule has 1 fully saturated rings. The van der Waals surface area contributed by atoms with Crippen LogP contribution in [0.15, 0.2) is 9.63 Å². The molecule has 1 aliphatic heterocycles. The molecule has 0 aliphatic carbocycles. The Hall–Kier alpha value is -0.510. The molecule has 102 valence electrons. The predicted octanol–water partition coefficient (Wildman–Crippen LogP) is 0.423. The fourth-order valence-corrected chi connectivity index (χ4v) is 4.52. The number of sulfonamides is 1. The molecule has 0 aromatic carbocycles. The summed E-state index contributed by atoms with van der Waals surface area (Å²) in [6, 6.07) is 0. The highest BCUT2D eigenvalue weighted by atomic mass is 79.9.